The van der Waals surface area contributed by atoms with Crippen LogP contribution in [0, 0.1) is 52.3 Å². The van der Waals surface area contributed by atoms with Gasteiger partial charge in [0.05, 0.1) is 6.10 Å². The third-order valence-electron chi connectivity index (χ3n) is 19.9. The smallest absolute Gasteiger partial charge is 0.306 e. The Labute approximate surface area is 429 Å². The molecule has 0 saturated heterocycles. The summed E-state index contributed by atoms with van der Waals surface area (Å²) in [6.45, 7) is 21.0. The van der Waals surface area contributed by atoms with Crippen LogP contribution >= 0.6 is 0 Å². The number of fused-ring (bicyclic) bond motifs is 5. The lowest BCUT2D eigenvalue weighted by molar-refractivity contribution is -0.203. The lowest BCUT2D eigenvalue weighted by Crippen LogP contribution is -2.61. The molecular weight excluding hydrogens is 849 g/mol. The molecule has 1 amide bonds. The van der Waals surface area contributed by atoms with Crippen LogP contribution in [-0.4, -0.2) is 60.3 Å². The number of hydrogen-bond donors (Lipinski definition) is 2. The summed E-state index contributed by atoms with van der Waals surface area (Å²) in [6, 6.07) is 0. The van der Waals surface area contributed by atoms with Gasteiger partial charge >= 0.3 is 5.97 Å². The number of rotatable bonds is 40. The highest BCUT2D eigenvalue weighted by atomic mass is 16.5. The molecule has 404 valence electrons. The Morgan fingerprint density at radius 2 is 1.04 bits per heavy atom. The standard InChI is InChI=1S/C63H118N2O4/c1-8-11-14-17-20-23-24-25-26-27-30-33-46-64-58(66)41-38-51(4)54-39-40-55-60-56(43-45-62(54,55)6)63(7)44-42-53(50-57(63)52(5)61(60)68)69-59(67)37-36-49-65(47-34-31-28-21-18-15-12-9-2)48-35-32-29-22-19-16-13-10-3/h51-57,60-61,68H,8-50H2,1-7H3,(H,64,66)/t51-,52-,53-,54-,55+,56+,57+,60+,61-,62-,63-/m1/s1. The van der Waals surface area contributed by atoms with Gasteiger partial charge in [-0.15, -0.1) is 0 Å². The molecule has 0 unspecified atom stereocenters. The zero-order chi connectivity index (χ0) is 49.7. The Kier molecular flexibility index (Phi) is 30.1. The average Bonchev–Trinajstić information content (AvgIpc) is 3.70. The average molecular weight is 968 g/mol. The van der Waals surface area contributed by atoms with Crippen molar-refractivity contribution in [2.24, 2.45) is 52.3 Å². The van der Waals surface area contributed by atoms with Crippen molar-refractivity contribution < 1.29 is 19.4 Å². The number of nitrogens with zero attached hydrogens (tertiary/aromatic N) is 1. The largest absolute Gasteiger partial charge is 0.462 e. The number of carbonyl (C=O) groups is 2. The molecule has 11 atom stereocenters. The summed E-state index contributed by atoms with van der Waals surface area (Å²) in [4.78, 5) is 29.1. The zero-order valence-corrected chi connectivity index (χ0v) is 47.2. The van der Waals surface area contributed by atoms with E-state index >= 15 is 0 Å². The molecule has 0 heterocycles. The zero-order valence-electron chi connectivity index (χ0n) is 47.2. The Morgan fingerprint density at radius 3 is 1.58 bits per heavy atom. The first-order valence-corrected chi connectivity index (χ1v) is 31.4. The summed E-state index contributed by atoms with van der Waals surface area (Å²) >= 11 is 0. The molecule has 4 rings (SSSR count). The van der Waals surface area contributed by atoms with Gasteiger partial charge in [0.15, 0.2) is 0 Å². The minimum atomic E-state index is -0.291. The second kappa shape index (κ2) is 34.4. The van der Waals surface area contributed by atoms with Crippen LogP contribution in [0.5, 0.6) is 0 Å². The van der Waals surface area contributed by atoms with E-state index in [9.17, 15) is 14.7 Å². The topological polar surface area (TPSA) is 78.9 Å². The fourth-order valence-electron chi connectivity index (χ4n) is 15.5. The van der Waals surface area contributed by atoms with Crippen molar-refractivity contribution in [3.63, 3.8) is 0 Å². The molecule has 2 N–H and O–H groups in total. The van der Waals surface area contributed by atoms with E-state index in [1.807, 2.05) is 0 Å². The predicted molar refractivity (Wildman–Crippen MR) is 294 cm³/mol. The van der Waals surface area contributed by atoms with Crippen LogP contribution in [0.1, 0.15) is 299 Å². The summed E-state index contributed by atoms with van der Waals surface area (Å²) < 4.78 is 6.35. The number of aliphatic hydroxyl groups is 1. The van der Waals surface area contributed by atoms with Crippen LogP contribution in [0.2, 0.25) is 0 Å². The van der Waals surface area contributed by atoms with E-state index in [2.05, 4.69) is 58.7 Å². The van der Waals surface area contributed by atoms with E-state index in [1.165, 1.54) is 212 Å². The van der Waals surface area contributed by atoms with E-state index in [0.717, 1.165) is 51.6 Å². The molecule has 0 aromatic heterocycles. The molecule has 6 nitrogen and oxygen atoms in total. The highest BCUT2D eigenvalue weighted by molar-refractivity contribution is 5.75. The molecule has 0 aromatic carbocycles. The molecule has 4 aliphatic carbocycles. The van der Waals surface area contributed by atoms with Gasteiger partial charge in [0.25, 0.3) is 0 Å². The molecule has 0 spiro atoms. The quantitative estimate of drug-likeness (QED) is 0.0472. The minimum absolute atomic E-state index is 0.00113. The van der Waals surface area contributed by atoms with Crippen LogP contribution in [-0.2, 0) is 14.3 Å². The first-order chi connectivity index (χ1) is 33.5. The normalized spacial score (nSPS) is 29.1. The second-order valence-corrected chi connectivity index (χ2v) is 25.0. The van der Waals surface area contributed by atoms with E-state index in [-0.39, 0.29) is 40.8 Å². The minimum Gasteiger partial charge on any atom is -0.462 e. The van der Waals surface area contributed by atoms with Gasteiger partial charge in [0, 0.05) is 19.4 Å². The molecule has 0 bridgehead atoms. The van der Waals surface area contributed by atoms with E-state index < -0.39 is 0 Å². The van der Waals surface area contributed by atoms with Gasteiger partial charge < -0.3 is 20.1 Å². The summed E-state index contributed by atoms with van der Waals surface area (Å²) in [5.41, 5.74) is 0.425. The van der Waals surface area contributed by atoms with Crippen LogP contribution in [0.3, 0.4) is 0 Å². The van der Waals surface area contributed by atoms with Crippen LogP contribution < -0.4 is 5.32 Å². The molecule has 6 heteroatoms. The molecule has 0 radical (unpaired) electrons. The maximum atomic E-state index is 13.5. The van der Waals surface area contributed by atoms with Crippen LogP contribution in [0.25, 0.3) is 0 Å². The van der Waals surface area contributed by atoms with Crippen molar-refractivity contribution in [2.75, 3.05) is 26.2 Å². The van der Waals surface area contributed by atoms with E-state index in [4.69, 9.17) is 4.74 Å². The van der Waals surface area contributed by atoms with E-state index in [0.29, 0.717) is 48.3 Å². The lowest BCUT2D eigenvalue weighted by Gasteiger charge is -2.64. The number of ether oxygens (including phenoxy) is 1. The van der Waals surface area contributed by atoms with Crippen molar-refractivity contribution in [1.82, 2.24) is 10.2 Å². The van der Waals surface area contributed by atoms with Gasteiger partial charge in [0.1, 0.15) is 6.10 Å². The SMILES string of the molecule is CCCCCCCCCCCCCCNC(=O)CC[C@@H](C)[C@H]1CC[C@H]2[C@@H]3[C@H](O)[C@H](C)[C@@H]4C[C@H](OC(=O)CCCN(CCCCCCCCCC)CCCCCCCCCC)CC[C@]4(C)[C@H]3CC[C@]12C. The highest BCUT2D eigenvalue weighted by Crippen LogP contribution is 2.69. The van der Waals surface area contributed by atoms with Crippen LogP contribution in [0.15, 0.2) is 0 Å². The predicted octanol–water partition coefficient (Wildman–Crippen LogP) is 17.4. The number of unbranched alkanes of at least 4 members (excludes halogenated alkanes) is 25. The second-order valence-electron chi connectivity index (χ2n) is 25.0. The van der Waals surface area contributed by atoms with Gasteiger partial charge in [0.2, 0.25) is 5.91 Å². The number of nitrogens with one attached hydrogen (secondary N) is 1. The van der Waals surface area contributed by atoms with Crippen molar-refractivity contribution >= 4 is 11.9 Å². The van der Waals surface area contributed by atoms with Gasteiger partial charge in [-0.2, -0.15) is 0 Å². The third kappa shape index (κ3) is 20.2. The van der Waals surface area contributed by atoms with Gasteiger partial charge in [-0.1, -0.05) is 209 Å². The van der Waals surface area contributed by atoms with Gasteiger partial charge in [-0.3, -0.25) is 9.59 Å². The fraction of sp³-hybridized carbons (Fsp3) is 0.968. The molecular formula is C63H118N2O4. The summed E-state index contributed by atoms with van der Waals surface area (Å²) in [5, 5.41) is 15.6. The van der Waals surface area contributed by atoms with Crippen molar-refractivity contribution in [3.8, 4) is 0 Å². The Bertz CT molecular complexity index is 1320. The van der Waals surface area contributed by atoms with Crippen LogP contribution in [0.4, 0.5) is 0 Å². The highest BCUT2D eigenvalue weighted by Gasteiger charge is 2.64. The van der Waals surface area contributed by atoms with Gasteiger partial charge in [-0.05, 0) is 149 Å². The first-order valence-electron chi connectivity index (χ1n) is 31.4. The monoisotopic (exact) mass is 967 g/mol. The molecule has 69 heavy (non-hydrogen) atoms. The first kappa shape index (κ1) is 60.4. The number of aliphatic hydroxyl groups excluding tert-OH is 1. The molecule has 0 aliphatic heterocycles. The molecule has 0 aromatic rings. The summed E-state index contributed by atoms with van der Waals surface area (Å²) in [6.07, 6.45) is 48.4. The molecule has 4 aliphatic rings. The number of carbonyl (C=O) groups excluding carboxylic acids is 2. The Morgan fingerprint density at radius 1 is 0.580 bits per heavy atom. The fourth-order valence-corrected chi connectivity index (χ4v) is 15.5. The maximum absolute atomic E-state index is 13.5. The Balaban J connectivity index is 1.16. The maximum Gasteiger partial charge on any atom is 0.306 e. The number of hydrogen-bond acceptors (Lipinski definition) is 5. The summed E-state index contributed by atoms with van der Waals surface area (Å²) in [5.74, 6) is 3.44. The van der Waals surface area contributed by atoms with Crippen molar-refractivity contribution in [1.29, 1.82) is 0 Å². The summed E-state index contributed by atoms with van der Waals surface area (Å²) in [7, 11) is 0. The third-order valence-corrected chi connectivity index (χ3v) is 19.9. The number of amides is 1. The molecule has 4 saturated carbocycles. The van der Waals surface area contributed by atoms with Crippen molar-refractivity contribution in [2.45, 2.75) is 311 Å². The lowest BCUT2D eigenvalue weighted by atomic mass is 9.42. The molecule has 4 fully saturated rings. The number of esters is 1. The van der Waals surface area contributed by atoms with Gasteiger partial charge in [-0.25, -0.2) is 0 Å². The van der Waals surface area contributed by atoms with E-state index in [1.54, 1.807) is 0 Å². The Hall–Kier alpha value is -1.14. The van der Waals surface area contributed by atoms with Crippen molar-refractivity contribution in [3.05, 3.63) is 0 Å².